The first-order chi connectivity index (χ1) is 17.2. The molecule has 1 N–H and O–H groups in total. The number of benzene rings is 3. The lowest BCUT2D eigenvalue weighted by Gasteiger charge is -2.13. The molecule has 184 valence electrons. The molecule has 0 unspecified atom stereocenters. The second kappa shape index (κ2) is 10.5. The van der Waals surface area contributed by atoms with E-state index in [1.165, 1.54) is 12.1 Å². The summed E-state index contributed by atoms with van der Waals surface area (Å²) >= 11 is 0. The van der Waals surface area contributed by atoms with Crippen molar-refractivity contribution in [2.75, 3.05) is 18.5 Å². The molecule has 4 rings (SSSR count). The highest BCUT2D eigenvalue weighted by atomic mass is 19.4. The molecular weight excluding hydrogens is 473 g/mol. The lowest BCUT2D eigenvalue weighted by atomic mass is 10.1. The van der Waals surface area contributed by atoms with Gasteiger partial charge in [-0.05, 0) is 43.3 Å². The van der Waals surface area contributed by atoms with E-state index in [0.717, 1.165) is 17.7 Å². The fraction of sp³-hybridized carbons (Fsp3) is 0.148. The van der Waals surface area contributed by atoms with Gasteiger partial charge in [-0.15, -0.1) is 0 Å². The molecule has 6 nitrogen and oxygen atoms in total. The Hall–Kier alpha value is -4.40. The maximum Gasteiger partial charge on any atom is 0.416 e. The molecule has 1 amide bonds. The lowest BCUT2D eigenvalue weighted by Crippen LogP contribution is -2.20. The minimum Gasteiger partial charge on any atom is -0.483 e. The van der Waals surface area contributed by atoms with E-state index in [1.54, 1.807) is 31.2 Å². The molecule has 0 fully saturated rings. The topological polar surface area (TPSA) is 77.5 Å². The van der Waals surface area contributed by atoms with Gasteiger partial charge in [0.1, 0.15) is 5.75 Å². The summed E-state index contributed by atoms with van der Waals surface area (Å²) in [4.78, 5) is 29.4. The summed E-state index contributed by atoms with van der Waals surface area (Å²) in [6.45, 7) is 1.43. The maximum absolute atomic E-state index is 13.0. The number of carbonyl (C=O) groups excluding carboxylic acids is 2. The number of ether oxygens (including phenoxy) is 2. The molecule has 9 heteroatoms. The van der Waals surface area contributed by atoms with Gasteiger partial charge in [0.15, 0.2) is 6.61 Å². The van der Waals surface area contributed by atoms with E-state index < -0.39 is 30.2 Å². The van der Waals surface area contributed by atoms with E-state index in [2.05, 4.69) is 10.3 Å². The van der Waals surface area contributed by atoms with Crippen LogP contribution in [-0.2, 0) is 15.7 Å². The van der Waals surface area contributed by atoms with Gasteiger partial charge in [-0.25, -0.2) is 9.78 Å². The highest BCUT2D eigenvalue weighted by Gasteiger charge is 2.30. The van der Waals surface area contributed by atoms with Gasteiger partial charge in [0.05, 0.1) is 28.9 Å². The first-order valence-corrected chi connectivity index (χ1v) is 11.0. The van der Waals surface area contributed by atoms with Crippen molar-refractivity contribution in [1.82, 2.24) is 4.98 Å². The molecule has 1 heterocycles. The van der Waals surface area contributed by atoms with Crippen molar-refractivity contribution < 1.29 is 32.2 Å². The van der Waals surface area contributed by atoms with E-state index in [9.17, 15) is 22.8 Å². The van der Waals surface area contributed by atoms with Crippen molar-refractivity contribution in [3.05, 3.63) is 90.0 Å². The van der Waals surface area contributed by atoms with Gasteiger partial charge in [-0.3, -0.25) is 4.79 Å². The molecule has 4 aromatic rings. The number of fused-ring (bicyclic) bond motifs is 1. The number of amides is 1. The van der Waals surface area contributed by atoms with Gasteiger partial charge in [0.2, 0.25) is 0 Å². The second-order valence-corrected chi connectivity index (χ2v) is 7.74. The zero-order chi connectivity index (χ0) is 25.7. The van der Waals surface area contributed by atoms with Crippen LogP contribution >= 0.6 is 0 Å². The average Bonchev–Trinajstić information content (AvgIpc) is 2.87. The Balaban J connectivity index is 1.62. The number of aromatic nitrogens is 1. The van der Waals surface area contributed by atoms with Gasteiger partial charge < -0.3 is 14.8 Å². The van der Waals surface area contributed by atoms with Crippen LogP contribution in [0.2, 0.25) is 0 Å². The number of esters is 1. The van der Waals surface area contributed by atoms with Gasteiger partial charge in [0, 0.05) is 22.7 Å². The Morgan fingerprint density at radius 3 is 2.44 bits per heavy atom. The Labute approximate surface area is 204 Å². The van der Waals surface area contributed by atoms with Crippen LogP contribution in [0.1, 0.15) is 22.8 Å². The monoisotopic (exact) mass is 494 g/mol. The second-order valence-electron chi connectivity index (χ2n) is 7.74. The number of alkyl halides is 3. The van der Waals surface area contributed by atoms with Crippen LogP contribution in [-0.4, -0.2) is 30.1 Å². The third-order valence-electron chi connectivity index (χ3n) is 5.18. The van der Waals surface area contributed by atoms with Crippen molar-refractivity contribution >= 4 is 28.5 Å². The van der Waals surface area contributed by atoms with Crippen molar-refractivity contribution in [1.29, 1.82) is 0 Å². The standard InChI is InChI=1S/C27H21F3N2O4/c1-2-35-26(34)18-11-12-22-21(13-18)24(15-23(32-22)17-7-4-3-5-8-17)36-16-25(33)31-20-10-6-9-19(14-20)27(28,29)30/h3-15H,2,16H2,1H3,(H,31,33). The van der Waals surface area contributed by atoms with Crippen LogP contribution in [0.15, 0.2) is 78.9 Å². The molecule has 0 atom stereocenters. The van der Waals surface area contributed by atoms with E-state index in [0.29, 0.717) is 16.6 Å². The van der Waals surface area contributed by atoms with Crippen LogP contribution in [0.5, 0.6) is 5.75 Å². The van der Waals surface area contributed by atoms with E-state index >= 15 is 0 Å². The summed E-state index contributed by atoms with van der Waals surface area (Å²) in [7, 11) is 0. The predicted molar refractivity (Wildman–Crippen MR) is 129 cm³/mol. The average molecular weight is 494 g/mol. The third kappa shape index (κ3) is 5.80. The number of nitrogens with one attached hydrogen (secondary N) is 1. The number of hydrogen-bond acceptors (Lipinski definition) is 5. The molecule has 0 aliphatic heterocycles. The SMILES string of the molecule is CCOC(=O)c1ccc2nc(-c3ccccc3)cc(OCC(=O)Nc3cccc(C(F)(F)F)c3)c2c1. The van der Waals surface area contributed by atoms with Crippen molar-refractivity contribution in [3.63, 3.8) is 0 Å². The molecule has 0 aliphatic rings. The van der Waals surface area contributed by atoms with Gasteiger partial charge in [0.25, 0.3) is 5.91 Å². The van der Waals surface area contributed by atoms with Crippen LogP contribution in [0, 0.1) is 0 Å². The normalized spacial score (nSPS) is 11.2. The summed E-state index contributed by atoms with van der Waals surface area (Å²) in [5.74, 6) is -0.883. The summed E-state index contributed by atoms with van der Waals surface area (Å²) in [6, 6.07) is 20.1. The fourth-order valence-electron chi connectivity index (χ4n) is 3.53. The molecule has 1 aromatic heterocycles. The number of carbonyl (C=O) groups is 2. The van der Waals surface area contributed by atoms with E-state index in [-0.39, 0.29) is 23.6 Å². The Kier molecular flexibility index (Phi) is 7.19. The quantitative estimate of drug-likeness (QED) is 0.314. The summed E-state index contributed by atoms with van der Waals surface area (Å²) in [5.41, 5.74) is 1.33. The first-order valence-electron chi connectivity index (χ1n) is 11.0. The number of anilines is 1. The number of rotatable bonds is 7. The minimum absolute atomic E-state index is 0.00687. The van der Waals surface area contributed by atoms with Gasteiger partial charge in [-0.1, -0.05) is 36.4 Å². The molecule has 0 saturated heterocycles. The van der Waals surface area contributed by atoms with Gasteiger partial charge in [-0.2, -0.15) is 13.2 Å². The molecule has 0 spiro atoms. The number of hydrogen-bond donors (Lipinski definition) is 1. The number of nitrogens with zero attached hydrogens (tertiary/aromatic N) is 1. The zero-order valence-corrected chi connectivity index (χ0v) is 19.1. The Morgan fingerprint density at radius 1 is 0.944 bits per heavy atom. The summed E-state index contributed by atoms with van der Waals surface area (Å²) in [6.07, 6.45) is -4.53. The molecule has 36 heavy (non-hydrogen) atoms. The highest BCUT2D eigenvalue weighted by molar-refractivity contribution is 5.97. The van der Waals surface area contributed by atoms with Gasteiger partial charge >= 0.3 is 12.1 Å². The molecule has 0 bridgehead atoms. The summed E-state index contributed by atoms with van der Waals surface area (Å²) in [5, 5.41) is 2.89. The highest BCUT2D eigenvalue weighted by Crippen LogP contribution is 2.32. The number of halogens is 3. The van der Waals surface area contributed by atoms with Crippen LogP contribution in [0.25, 0.3) is 22.2 Å². The zero-order valence-electron chi connectivity index (χ0n) is 19.1. The smallest absolute Gasteiger partial charge is 0.416 e. The maximum atomic E-state index is 13.0. The van der Waals surface area contributed by atoms with Crippen molar-refractivity contribution in [2.24, 2.45) is 0 Å². The first kappa shape index (κ1) is 24.7. The van der Waals surface area contributed by atoms with E-state index in [1.807, 2.05) is 30.3 Å². The molecule has 3 aromatic carbocycles. The van der Waals surface area contributed by atoms with Crippen molar-refractivity contribution in [2.45, 2.75) is 13.1 Å². The number of pyridine rings is 1. The summed E-state index contributed by atoms with van der Waals surface area (Å²) < 4.78 is 49.7. The Morgan fingerprint density at radius 2 is 1.72 bits per heavy atom. The molecule has 0 saturated carbocycles. The molecule has 0 aliphatic carbocycles. The predicted octanol–water partition coefficient (Wildman–Crippen LogP) is 6.11. The fourth-order valence-corrected chi connectivity index (χ4v) is 3.53. The van der Waals surface area contributed by atoms with Crippen LogP contribution in [0.4, 0.5) is 18.9 Å². The van der Waals surface area contributed by atoms with E-state index in [4.69, 9.17) is 9.47 Å². The largest absolute Gasteiger partial charge is 0.483 e. The third-order valence-corrected chi connectivity index (χ3v) is 5.18. The lowest BCUT2D eigenvalue weighted by molar-refractivity contribution is -0.137. The van der Waals surface area contributed by atoms with Crippen LogP contribution in [0.3, 0.4) is 0 Å². The molecule has 0 radical (unpaired) electrons. The van der Waals surface area contributed by atoms with Crippen molar-refractivity contribution in [3.8, 4) is 17.0 Å². The van der Waals surface area contributed by atoms with Crippen LogP contribution < -0.4 is 10.1 Å². The minimum atomic E-state index is -4.53. The molecular formula is C27H21F3N2O4. The Bertz CT molecular complexity index is 1410.